The van der Waals surface area contributed by atoms with Crippen LogP contribution in [0.5, 0.6) is 0 Å². The predicted octanol–water partition coefficient (Wildman–Crippen LogP) is 3.64. The minimum atomic E-state index is -1.01. The van der Waals surface area contributed by atoms with Crippen molar-refractivity contribution in [1.29, 1.82) is 0 Å². The van der Waals surface area contributed by atoms with E-state index in [0.717, 1.165) is 50.0 Å². The number of fused-ring (bicyclic) bond motifs is 1. The molecule has 33 heavy (non-hydrogen) atoms. The molecule has 0 unspecified atom stereocenters. The molecule has 0 radical (unpaired) electrons. The zero-order chi connectivity index (χ0) is 23.3. The van der Waals surface area contributed by atoms with Crippen molar-refractivity contribution >= 4 is 5.82 Å². The number of aryl methyl sites for hydroxylation is 1. The van der Waals surface area contributed by atoms with Gasteiger partial charge in [-0.15, -0.1) is 6.42 Å². The zero-order valence-corrected chi connectivity index (χ0v) is 18.3. The molecular weight excluding hydrogens is 422 g/mol. The number of anilines is 1. The van der Waals surface area contributed by atoms with Gasteiger partial charge in [-0.1, -0.05) is 12.0 Å². The third-order valence-corrected chi connectivity index (χ3v) is 7.16. The monoisotopic (exact) mass is 446 g/mol. The first-order valence-electron chi connectivity index (χ1n) is 11.0. The zero-order valence-electron chi connectivity index (χ0n) is 18.3. The van der Waals surface area contributed by atoms with Crippen molar-refractivity contribution in [3.8, 4) is 18.0 Å². The number of terminal acetylenes is 1. The fourth-order valence-electron chi connectivity index (χ4n) is 5.32. The number of piperidine rings is 1. The molecule has 1 aliphatic carbocycles. The lowest BCUT2D eigenvalue weighted by molar-refractivity contribution is 0.187. The van der Waals surface area contributed by atoms with Crippen LogP contribution in [0.25, 0.3) is 5.69 Å². The molecule has 0 amide bonds. The summed E-state index contributed by atoms with van der Waals surface area (Å²) < 4.78 is 28.3. The average Bonchev–Trinajstić information content (AvgIpc) is 3.06. The Labute approximate surface area is 190 Å². The molecule has 3 aromatic rings. The van der Waals surface area contributed by atoms with Gasteiger partial charge in [0.2, 0.25) is 0 Å². The molecule has 2 N–H and O–H groups in total. The van der Waals surface area contributed by atoms with Crippen molar-refractivity contribution in [2.24, 2.45) is 11.1 Å². The Hall–Kier alpha value is -3.50. The van der Waals surface area contributed by atoms with Crippen LogP contribution in [0.3, 0.4) is 0 Å². The standard InChI is InChI=1S/C26H24F2N4O/c1-3-17-4-6-20-18(12-17)15-26(25(20)29)8-10-31(11-9-26)23-14-24(33)32(16(2)30-23)19-5-7-21(27)22(28)13-19/h1,4-7,12-14,25H,8-11,15,29H2,2H3/t25-/m1/s1. The highest BCUT2D eigenvalue weighted by Gasteiger charge is 2.46. The number of nitrogens with zero attached hydrogens (tertiary/aromatic N) is 3. The van der Waals surface area contributed by atoms with Crippen LogP contribution < -0.4 is 16.2 Å². The highest BCUT2D eigenvalue weighted by molar-refractivity contribution is 5.47. The van der Waals surface area contributed by atoms with Gasteiger partial charge < -0.3 is 10.6 Å². The van der Waals surface area contributed by atoms with E-state index in [-0.39, 0.29) is 22.7 Å². The maximum atomic E-state index is 13.7. The quantitative estimate of drug-likeness (QED) is 0.611. The van der Waals surface area contributed by atoms with Gasteiger partial charge in [-0.05, 0) is 67.0 Å². The number of rotatable bonds is 2. The summed E-state index contributed by atoms with van der Waals surface area (Å²) in [5.41, 5.74) is 9.85. The Morgan fingerprint density at radius 1 is 1.12 bits per heavy atom. The summed E-state index contributed by atoms with van der Waals surface area (Å²) in [6.07, 6.45) is 8.21. The van der Waals surface area contributed by atoms with Gasteiger partial charge in [0, 0.05) is 36.8 Å². The molecule has 5 nitrogen and oxygen atoms in total. The minimum absolute atomic E-state index is 0.0261. The number of benzene rings is 2. The second-order valence-electron chi connectivity index (χ2n) is 9.00. The molecule has 2 aliphatic rings. The van der Waals surface area contributed by atoms with Crippen LogP contribution in [0.4, 0.5) is 14.6 Å². The third kappa shape index (κ3) is 3.51. The molecule has 1 spiro atoms. The van der Waals surface area contributed by atoms with E-state index in [1.165, 1.54) is 27.8 Å². The van der Waals surface area contributed by atoms with Crippen molar-refractivity contribution in [3.05, 3.63) is 87.0 Å². The van der Waals surface area contributed by atoms with Gasteiger partial charge in [0.25, 0.3) is 5.56 Å². The van der Waals surface area contributed by atoms with Crippen molar-refractivity contribution in [3.63, 3.8) is 0 Å². The molecule has 7 heteroatoms. The Morgan fingerprint density at radius 3 is 2.55 bits per heavy atom. The van der Waals surface area contributed by atoms with E-state index in [1.807, 2.05) is 6.07 Å². The molecular formula is C26H24F2N4O. The van der Waals surface area contributed by atoms with E-state index in [4.69, 9.17) is 12.2 Å². The Kier molecular flexibility index (Phi) is 5.06. The number of nitrogens with two attached hydrogens (primary N) is 1. The first-order chi connectivity index (χ1) is 15.8. The fraction of sp³-hybridized carbons (Fsp3) is 0.308. The van der Waals surface area contributed by atoms with Gasteiger partial charge in [0.15, 0.2) is 11.6 Å². The highest BCUT2D eigenvalue weighted by Crippen LogP contribution is 2.51. The van der Waals surface area contributed by atoms with Gasteiger partial charge >= 0.3 is 0 Å². The normalized spacial score (nSPS) is 18.9. The lowest BCUT2D eigenvalue weighted by atomic mass is 9.73. The molecule has 2 aromatic carbocycles. The SMILES string of the molecule is C#Cc1ccc2c(c1)CC1(CCN(c3cc(=O)n(-c4ccc(F)c(F)c4)c(C)n3)CC1)[C@@H]2N. The first kappa shape index (κ1) is 21.4. The first-order valence-corrected chi connectivity index (χ1v) is 11.0. The van der Waals surface area contributed by atoms with Gasteiger partial charge in [-0.25, -0.2) is 13.8 Å². The molecule has 0 bridgehead atoms. The highest BCUT2D eigenvalue weighted by atomic mass is 19.2. The van der Waals surface area contributed by atoms with Crippen molar-refractivity contribution < 1.29 is 8.78 Å². The summed E-state index contributed by atoms with van der Waals surface area (Å²) >= 11 is 0. The number of hydrogen-bond donors (Lipinski definition) is 1. The average molecular weight is 447 g/mol. The van der Waals surface area contributed by atoms with Crippen LogP contribution in [0, 0.1) is 36.3 Å². The summed E-state index contributed by atoms with van der Waals surface area (Å²) in [5.74, 6) is 1.73. The fourth-order valence-corrected chi connectivity index (χ4v) is 5.32. The van der Waals surface area contributed by atoms with Crippen LogP contribution in [0.15, 0.2) is 47.3 Å². The molecule has 1 aliphatic heterocycles. The second-order valence-corrected chi connectivity index (χ2v) is 9.00. The number of halogens is 2. The van der Waals surface area contributed by atoms with Crippen LogP contribution in [-0.2, 0) is 6.42 Å². The molecule has 1 fully saturated rings. The summed E-state index contributed by atoms with van der Waals surface area (Å²) in [4.78, 5) is 19.6. The van der Waals surface area contributed by atoms with E-state index >= 15 is 0 Å². The molecule has 1 atom stereocenters. The summed E-state index contributed by atoms with van der Waals surface area (Å²) in [5, 5.41) is 0. The molecule has 1 aromatic heterocycles. The van der Waals surface area contributed by atoms with E-state index in [1.54, 1.807) is 6.92 Å². The van der Waals surface area contributed by atoms with Crippen LogP contribution in [-0.4, -0.2) is 22.6 Å². The van der Waals surface area contributed by atoms with E-state index in [9.17, 15) is 13.6 Å². The lowest BCUT2D eigenvalue weighted by Crippen LogP contribution is -2.45. The summed E-state index contributed by atoms with van der Waals surface area (Å²) in [7, 11) is 0. The Bertz CT molecular complexity index is 1350. The summed E-state index contributed by atoms with van der Waals surface area (Å²) in [6, 6.07) is 10.8. The topological polar surface area (TPSA) is 64.2 Å². The van der Waals surface area contributed by atoms with E-state index < -0.39 is 11.6 Å². The van der Waals surface area contributed by atoms with Gasteiger partial charge in [0.1, 0.15) is 11.6 Å². The maximum absolute atomic E-state index is 13.7. The molecule has 5 rings (SSSR count). The molecule has 0 saturated carbocycles. The minimum Gasteiger partial charge on any atom is -0.356 e. The smallest absolute Gasteiger partial charge is 0.260 e. The Morgan fingerprint density at radius 2 is 1.88 bits per heavy atom. The van der Waals surface area contributed by atoms with Crippen LogP contribution in [0.2, 0.25) is 0 Å². The number of aromatic nitrogens is 2. The predicted molar refractivity (Wildman–Crippen MR) is 123 cm³/mol. The molecule has 168 valence electrons. The van der Waals surface area contributed by atoms with Crippen LogP contribution >= 0.6 is 0 Å². The van der Waals surface area contributed by atoms with Gasteiger partial charge in [0.05, 0.1) is 5.69 Å². The largest absolute Gasteiger partial charge is 0.356 e. The van der Waals surface area contributed by atoms with E-state index in [2.05, 4.69) is 27.9 Å². The van der Waals surface area contributed by atoms with Gasteiger partial charge in [-0.2, -0.15) is 0 Å². The molecule has 1 saturated heterocycles. The summed E-state index contributed by atoms with van der Waals surface area (Å²) in [6.45, 7) is 3.14. The number of hydrogen-bond acceptors (Lipinski definition) is 4. The lowest BCUT2D eigenvalue weighted by Gasteiger charge is -2.42. The van der Waals surface area contributed by atoms with Crippen molar-refractivity contribution in [2.75, 3.05) is 18.0 Å². The van der Waals surface area contributed by atoms with Gasteiger partial charge in [-0.3, -0.25) is 9.36 Å². The molecule has 2 heterocycles. The third-order valence-electron chi connectivity index (χ3n) is 7.16. The van der Waals surface area contributed by atoms with E-state index in [0.29, 0.717) is 11.6 Å². The van der Waals surface area contributed by atoms with Crippen molar-refractivity contribution in [1.82, 2.24) is 9.55 Å². The van der Waals surface area contributed by atoms with Crippen LogP contribution in [0.1, 0.15) is 41.4 Å². The second kappa shape index (κ2) is 7.82. The Balaban J connectivity index is 1.37. The van der Waals surface area contributed by atoms with Crippen molar-refractivity contribution in [2.45, 2.75) is 32.2 Å². The maximum Gasteiger partial charge on any atom is 0.260 e.